The minimum atomic E-state index is -2.01. The second kappa shape index (κ2) is 22.4. The Morgan fingerprint density at radius 1 is 0.776 bits per heavy atom. The third kappa shape index (κ3) is 10.0. The molecule has 1 aromatic carbocycles. The van der Waals surface area contributed by atoms with Crippen LogP contribution in [0.5, 0.6) is 0 Å². The topological polar surface area (TPSA) is 250 Å². The molecular formula is C57H79NO18. The average molecular weight is 1070 g/mol. The quantitative estimate of drug-likeness (QED) is 0.0919. The molecule has 7 aliphatic rings. The number of pyridine rings is 1. The third-order valence-electron chi connectivity index (χ3n) is 18.8. The van der Waals surface area contributed by atoms with E-state index < -0.39 is 138 Å². The molecule has 4 aliphatic carbocycles. The van der Waals surface area contributed by atoms with E-state index in [1.54, 1.807) is 53.2 Å². The SMILES string of the molecule is CO[C@@H]1[C@@H](O)[C@H](O[C@H]2[C@@H](OC)C[C@H](O[C@H]3[C@@H](OC)C[C@H](O[C@H]4CC[C@@]5(C)C(=CC[C@]6(O)[C@@H]5C[C@@H](OC(=O)C=Cc5ccccc5)[C@@]5(C)[C@]6(O)CC[C@@]5(O)[C@H](C)OC(=O)c5cccnc5)C4)O[C@@H]3C)O[C@@H]2C)O[C@H](C)[C@H]1O. The van der Waals surface area contributed by atoms with E-state index in [1.807, 2.05) is 50.3 Å². The maximum atomic E-state index is 13.9. The lowest BCUT2D eigenvalue weighted by Crippen LogP contribution is -2.78. The third-order valence-corrected chi connectivity index (χ3v) is 18.8. The average Bonchev–Trinajstić information content (AvgIpc) is 3.36. The smallest absolute Gasteiger partial charge is 0.340 e. The minimum Gasteiger partial charge on any atom is -0.458 e. The van der Waals surface area contributed by atoms with Gasteiger partial charge in [-0.1, -0.05) is 55.8 Å². The van der Waals surface area contributed by atoms with E-state index in [2.05, 4.69) is 11.9 Å². The molecule has 0 amide bonds. The summed E-state index contributed by atoms with van der Waals surface area (Å²) in [7, 11) is 4.60. The zero-order valence-corrected chi connectivity index (χ0v) is 45.1. The van der Waals surface area contributed by atoms with Gasteiger partial charge in [0, 0.05) is 58.6 Å². The molecule has 0 radical (unpaired) electrons. The summed E-state index contributed by atoms with van der Waals surface area (Å²) in [6.45, 7) is 10.7. The molecule has 0 bridgehead atoms. The molecule has 1 aromatic heterocycles. The highest BCUT2D eigenvalue weighted by Gasteiger charge is 2.81. The Kier molecular flexibility index (Phi) is 16.8. The number of esters is 2. The van der Waals surface area contributed by atoms with Crippen LogP contribution in [0.4, 0.5) is 0 Å². The summed E-state index contributed by atoms with van der Waals surface area (Å²) < 4.78 is 68.0. The highest BCUT2D eigenvalue weighted by molar-refractivity contribution is 5.89. The van der Waals surface area contributed by atoms with Crippen LogP contribution in [0.15, 0.2) is 72.6 Å². The van der Waals surface area contributed by atoms with E-state index >= 15 is 0 Å². The van der Waals surface area contributed by atoms with Crippen LogP contribution in [-0.2, 0) is 56.9 Å². The first kappa shape index (κ1) is 56.9. The van der Waals surface area contributed by atoms with Crippen molar-refractivity contribution in [2.75, 3.05) is 21.3 Å². The van der Waals surface area contributed by atoms with E-state index in [0.717, 1.165) is 11.1 Å². The molecule has 0 unspecified atom stereocenters. The number of hydrogen-bond acceptors (Lipinski definition) is 19. The number of carbonyl (C=O) groups excluding carboxylic acids is 2. The van der Waals surface area contributed by atoms with Gasteiger partial charge in [-0.3, -0.25) is 4.98 Å². The van der Waals surface area contributed by atoms with Crippen LogP contribution in [0.2, 0.25) is 0 Å². The van der Waals surface area contributed by atoms with Gasteiger partial charge in [-0.05, 0) is 102 Å². The Hall–Kier alpha value is -3.77. The molecule has 0 spiro atoms. The molecule has 19 nitrogen and oxygen atoms in total. The van der Waals surface area contributed by atoms with Gasteiger partial charge in [0.15, 0.2) is 18.9 Å². The van der Waals surface area contributed by atoms with Gasteiger partial charge in [-0.25, -0.2) is 9.59 Å². The Morgan fingerprint density at radius 2 is 1.45 bits per heavy atom. The number of nitrogens with zero attached hydrogens (tertiary/aromatic N) is 1. The highest BCUT2D eigenvalue weighted by atomic mass is 16.8. The van der Waals surface area contributed by atoms with Crippen LogP contribution in [0.3, 0.4) is 0 Å². The molecule has 3 aliphatic heterocycles. The Labute approximate surface area is 445 Å². The van der Waals surface area contributed by atoms with Gasteiger partial charge in [-0.2, -0.15) is 0 Å². The van der Waals surface area contributed by atoms with E-state index in [0.29, 0.717) is 32.1 Å². The molecule has 19 heteroatoms. The summed E-state index contributed by atoms with van der Waals surface area (Å²) in [6.07, 6.45) is -1.79. The molecule has 4 heterocycles. The number of benzene rings is 1. The summed E-state index contributed by atoms with van der Waals surface area (Å²) in [5.74, 6) is -2.02. The van der Waals surface area contributed by atoms with Crippen molar-refractivity contribution in [2.24, 2.45) is 16.7 Å². The number of aromatic nitrogens is 1. The Morgan fingerprint density at radius 3 is 2.09 bits per heavy atom. The first-order chi connectivity index (χ1) is 36.1. The summed E-state index contributed by atoms with van der Waals surface area (Å²) in [4.78, 5) is 31.4. The van der Waals surface area contributed by atoms with Gasteiger partial charge in [0.05, 0.1) is 47.6 Å². The van der Waals surface area contributed by atoms with E-state index in [9.17, 15) is 35.1 Å². The lowest BCUT2D eigenvalue weighted by Gasteiger charge is -2.67. The zero-order valence-electron chi connectivity index (χ0n) is 45.1. The van der Waals surface area contributed by atoms with Crippen LogP contribution in [0.1, 0.15) is 115 Å². The van der Waals surface area contributed by atoms with Crippen LogP contribution in [0.25, 0.3) is 6.08 Å². The standard InChI is InChI=1S/C57H79NO18/c1-31-46(60)50(68-9)47(61)52(71-31)76-49-33(3)70-45(28-40(49)67-8)75-48-32(2)69-44(27-39(48)66-7)73-38-20-21-53(5)37(26-38)19-22-56(64)41(53)29-42(74-43(59)18-17-35-14-11-10-12-15-35)54(6)55(63,23-24-57(54,56)65)34(4)72-51(62)36-16-13-25-58-30-36/h10-19,25,30-34,38-42,44-50,52,60-61,63-65H,20-24,26-29H2,1-9H3/t31-,32-,33-,34+,38+,39+,40+,41-,42-,44+,45+,46-,47-,48-,49-,50+,52+,53+,54-,55-,56+,57-/m1/s1. The largest absolute Gasteiger partial charge is 0.458 e. The molecule has 5 N–H and O–H groups in total. The lowest BCUT2D eigenvalue weighted by molar-refractivity contribution is -0.352. The summed E-state index contributed by atoms with van der Waals surface area (Å²) >= 11 is 0. The second-order valence-corrected chi connectivity index (χ2v) is 22.7. The molecule has 9 rings (SSSR count). The van der Waals surface area contributed by atoms with Crippen molar-refractivity contribution in [3.63, 3.8) is 0 Å². The molecule has 3 saturated heterocycles. The molecule has 22 atom stereocenters. The molecule has 420 valence electrons. The van der Waals surface area contributed by atoms with Crippen LogP contribution >= 0.6 is 0 Å². The second-order valence-electron chi connectivity index (χ2n) is 22.7. The number of hydrogen-bond donors (Lipinski definition) is 5. The monoisotopic (exact) mass is 1070 g/mol. The predicted octanol–water partition coefficient (Wildman–Crippen LogP) is 4.72. The predicted molar refractivity (Wildman–Crippen MR) is 271 cm³/mol. The lowest BCUT2D eigenvalue weighted by atomic mass is 9.42. The fourth-order valence-electron chi connectivity index (χ4n) is 14.3. The Balaban J connectivity index is 0.881. The van der Waals surface area contributed by atoms with Crippen molar-refractivity contribution in [3.8, 4) is 0 Å². The number of fused-ring (bicyclic) bond motifs is 5. The maximum Gasteiger partial charge on any atom is 0.340 e. The van der Waals surface area contributed by atoms with Crippen LogP contribution in [0, 0.1) is 16.7 Å². The Bertz CT molecular complexity index is 2400. The van der Waals surface area contributed by atoms with Crippen molar-refractivity contribution in [1.82, 2.24) is 4.98 Å². The number of ether oxygens (including phenoxy) is 11. The molecular weight excluding hydrogens is 987 g/mol. The van der Waals surface area contributed by atoms with Crippen molar-refractivity contribution in [3.05, 3.63) is 83.7 Å². The summed E-state index contributed by atoms with van der Waals surface area (Å²) in [6, 6.07) is 12.5. The van der Waals surface area contributed by atoms with Gasteiger partial charge >= 0.3 is 11.9 Å². The number of carbonyl (C=O) groups is 2. The normalized spacial score (nSPS) is 44.7. The van der Waals surface area contributed by atoms with Gasteiger partial charge < -0.3 is 77.6 Å². The number of aliphatic hydroxyl groups is 5. The zero-order chi connectivity index (χ0) is 54.5. The van der Waals surface area contributed by atoms with Crippen molar-refractivity contribution < 1.29 is 87.2 Å². The van der Waals surface area contributed by atoms with E-state index in [4.69, 9.17) is 52.1 Å². The van der Waals surface area contributed by atoms with E-state index in [1.165, 1.54) is 25.6 Å². The van der Waals surface area contributed by atoms with Crippen LogP contribution < -0.4 is 0 Å². The van der Waals surface area contributed by atoms with Gasteiger partial charge in [0.2, 0.25) is 0 Å². The summed E-state index contributed by atoms with van der Waals surface area (Å²) in [5, 5.41) is 61.0. The maximum absolute atomic E-state index is 13.9. The molecule has 3 saturated carbocycles. The van der Waals surface area contributed by atoms with Gasteiger partial charge in [0.1, 0.15) is 59.5 Å². The highest BCUT2D eigenvalue weighted by Crippen LogP contribution is 2.71. The van der Waals surface area contributed by atoms with Crippen molar-refractivity contribution in [1.29, 1.82) is 0 Å². The molecule has 76 heavy (non-hydrogen) atoms. The molecule has 6 fully saturated rings. The summed E-state index contributed by atoms with van der Waals surface area (Å²) in [5.41, 5.74) is -6.13. The van der Waals surface area contributed by atoms with E-state index in [-0.39, 0.29) is 37.4 Å². The van der Waals surface area contributed by atoms with Crippen molar-refractivity contribution in [2.45, 2.75) is 214 Å². The fraction of sp³-hybridized carbons (Fsp3) is 0.702. The van der Waals surface area contributed by atoms with Crippen LogP contribution in [-0.4, -0.2) is 179 Å². The first-order valence-electron chi connectivity index (χ1n) is 26.9. The van der Waals surface area contributed by atoms with Gasteiger partial charge in [0.25, 0.3) is 0 Å². The molecule has 2 aromatic rings. The number of methoxy groups -OCH3 is 3. The minimum absolute atomic E-state index is 0.0534. The first-order valence-corrected chi connectivity index (χ1v) is 26.9. The van der Waals surface area contributed by atoms with Crippen molar-refractivity contribution >= 4 is 18.0 Å². The fourth-order valence-corrected chi connectivity index (χ4v) is 14.3. The number of aliphatic hydroxyl groups excluding tert-OH is 2. The number of rotatable bonds is 15. The van der Waals surface area contributed by atoms with Gasteiger partial charge in [-0.15, -0.1) is 0 Å².